The van der Waals surface area contributed by atoms with E-state index in [0.717, 1.165) is 23.3 Å². The van der Waals surface area contributed by atoms with Crippen molar-refractivity contribution in [3.05, 3.63) is 58.3 Å². The molecule has 0 saturated carbocycles. The van der Waals surface area contributed by atoms with Crippen LogP contribution in [0.25, 0.3) is 0 Å². The number of ether oxygens (including phenoxy) is 2. The lowest BCUT2D eigenvalue weighted by Gasteiger charge is -2.27. The molecule has 222 valence electrons. The molecule has 2 amide bonds. The summed E-state index contributed by atoms with van der Waals surface area (Å²) in [6.45, 7) is 9.66. The number of amides is 2. The summed E-state index contributed by atoms with van der Waals surface area (Å²) in [7, 11) is 3.24. The Morgan fingerprint density at radius 2 is 1.57 bits per heavy atom. The maximum absolute atomic E-state index is 13.6. The van der Waals surface area contributed by atoms with E-state index >= 15 is 0 Å². The molecule has 0 unspecified atom stereocenters. The van der Waals surface area contributed by atoms with Crippen LogP contribution in [-0.2, 0) is 22.6 Å². The molecule has 6 nitrogen and oxygen atoms in total. The first-order valence-electron chi connectivity index (χ1n) is 14.8. The van der Waals surface area contributed by atoms with Gasteiger partial charge in [-0.3, -0.25) is 9.59 Å². The van der Waals surface area contributed by atoms with Gasteiger partial charge in [-0.15, -0.1) is 17.9 Å². The molecule has 0 spiro atoms. The molecule has 1 aromatic heterocycles. The molecule has 1 aromatic carbocycles. The normalized spacial score (nSPS) is 10.8. The van der Waals surface area contributed by atoms with Gasteiger partial charge in [0.1, 0.15) is 6.54 Å². The van der Waals surface area contributed by atoms with Gasteiger partial charge >= 0.3 is 0 Å². The molecule has 0 bridgehead atoms. The van der Waals surface area contributed by atoms with Gasteiger partial charge < -0.3 is 19.3 Å². The van der Waals surface area contributed by atoms with Crippen LogP contribution in [0.15, 0.2) is 42.3 Å². The number of hydrogen-bond donors (Lipinski definition) is 0. The lowest BCUT2D eigenvalue weighted by Crippen LogP contribution is -2.43. The standard InChI is InChI=1S/C33H50N2O4S/c1-6-8-9-10-11-12-13-14-15-16-32(36)34(21-7-2)26-33(37)35(25-31-27(3)20-23-40-31)22-19-28-17-18-29(38-4)30(24-28)39-5/h7,17-18,20,23-24H,2,6,8-16,19,21-22,25-26H2,1,3-5H3. The smallest absolute Gasteiger partial charge is 0.242 e. The zero-order chi connectivity index (χ0) is 29.2. The Labute approximate surface area is 246 Å². The van der Waals surface area contributed by atoms with Gasteiger partial charge in [-0.1, -0.05) is 70.4 Å². The minimum Gasteiger partial charge on any atom is -0.493 e. The number of methoxy groups -OCH3 is 2. The second-order valence-corrected chi connectivity index (χ2v) is 11.4. The fraction of sp³-hybridized carbons (Fsp3) is 0.576. The number of nitrogens with zero attached hydrogens (tertiary/aromatic N) is 2. The number of rotatable bonds is 21. The molecular weight excluding hydrogens is 520 g/mol. The van der Waals surface area contributed by atoms with Crippen LogP contribution in [0, 0.1) is 6.92 Å². The van der Waals surface area contributed by atoms with Crippen LogP contribution in [0.2, 0.25) is 0 Å². The van der Waals surface area contributed by atoms with E-state index in [1.807, 2.05) is 23.1 Å². The van der Waals surface area contributed by atoms with Crippen molar-refractivity contribution in [1.82, 2.24) is 9.80 Å². The molecule has 2 aromatic rings. The molecule has 0 N–H and O–H groups in total. The first kappa shape index (κ1) is 33.4. The molecule has 0 radical (unpaired) electrons. The van der Waals surface area contributed by atoms with Crippen molar-refractivity contribution >= 4 is 23.2 Å². The fourth-order valence-electron chi connectivity index (χ4n) is 4.75. The van der Waals surface area contributed by atoms with E-state index in [0.29, 0.717) is 44.0 Å². The second kappa shape index (κ2) is 19.3. The molecule has 0 aliphatic heterocycles. The summed E-state index contributed by atoms with van der Waals surface area (Å²) >= 11 is 1.66. The van der Waals surface area contributed by atoms with Gasteiger partial charge in [-0.2, -0.15) is 0 Å². The van der Waals surface area contributed by atoms with Crippen LogP contribution in [0.4, 0.5) is 0 Å². The summed E-state index contributed by atoms with van der Waals surface area (Å²) in [5.74, 6) is 1.34. The Hall–Kier alpha value is -2.80. The average Bonchev–Trinajstić information content (AvgIpc) is 3.37. The molecule has 0 fully saturated rings. The van der Waals surface area contributed by atoms with Gasteiger partial charge in [-0.05, 0) is 54.5 Å². The highest BCUT2D eigenvalue weighted by Crippen LogP contribution is 2.28. The Kier molecular flexibility index (Phi) is 16.1. The molecule has 0 atom stereocenters. The van der Waals surface area contributed by atoms with E-state index < -0.39 is 0 Å². The molecule has 2 rings (SSSR count). The Morgan fingerprint density at radius 1 is 0.900 bits per heavy atom. The number of carbonyl (C=O) groups excluding carboxylic acids is 2. The van der Waals surface area contributed by atoms with Crippen molar-refractivity contribution in [2.75, 3.05) is 33.9 Å². The van der Waals surface area contributed by atoms with Crippen LogP contribution in [0.5, 0.6) is 11.5 Å². The maximum Gasteiger partial charge on any atom is 0.242 e. The zero-order valence-corrected chi connectivity index (χ0v) is 26.0. The predicted molar refractivity (Wildman–Crippen MR) is 166 cm³/mol. The van der Waals surface area contributed by atoms with Crippen molar-refractivity contribution in [1.29, 1.82) is 0 Å². The highest BCUT2D eigenvalue weighted by molar-refractivity contribution is 7.10. The number of hydrogen-bond acceptors (Lipinski definition) is 5. The molecule has 40 heavy (non-hydrogen) atoms. The number of carbonyl (C=O) groups is 2. The van der Waals surface area contributed by atoms with E-state index in [1.165, 1.54) is 50.5 Å². The van der Waals surface area contributed by atoms with Crippen molar-refractivity contribution < 1.29 is 19.1 Å². The van der Waals surface area contributed by atoms with Gasteiger partial charge in [0.25, 0.3) is 0 Å². The topological polar surface area (TPSA) is 59.1 Å². The molecule has 1 heterocycles. The average molecular weight is 571 g/mol. The summed E-state index contributed by atoms with van der Waals surface area (Å²) in [6.07, 6.45) is 13.7. The fourth-order valence-corrected chi connectivity index (χ4v) is 5.67. The van der Waals surface area contributed by atoms with E-state index in [4.69, 9.17) is 9.47 Å². The summed E-state index contributed by atoms with van der Waals surface area (Å²) in [4.78, 5) is 31.4. The quantitative estimate of drug-likeness (QED) is 0.115. The predicted octanol–water partition coefficient (Wildman–Crippen LogP) is 7.58. The Balaban J connectivity index is 1.97. The van der Waals surface area contributed by atoms with Crippen molar-refractivity contribution in [2.24, 2.45) is 0 Å². The van der Waals surface area contributed by atoms with Crippen LogP contribution in [0.1, 0.15) is 87.1 Å². The van der Waals surface area contributed by atoms with Gasteiger partial charge in [-0.25, -0.2) is 0 Å². The highest BCUT2D eigenvalue weighted by Gasteiger charge is 2.22. The Bertz CT molecular complexity index is 1040. The van der Waals surface area contributed by atoms with Crippen molar-refractivity contribution in [2.45, 2.75) is 91.0 Å². The molecule has 0 aliphatic carbocycles. The second-order valence-electron chi connectivity index (χ2n) is 10.4. The lowest BCUT2D eigenvalue weighted by atomic mass is 10.1. The summed E-state index contributed by atoms with van der Waals surface area (Å²) in [6, 6.07) is 7.92. The minimum atomic E-state index is -0.0458. The minimum absolute atomic E-state index is 0.0309. The van der Waals surface area contributed by atoms with Crippen molar-refractivity contribution in [3.8, 4) is 11.5 Å². The SMILES string of the molecule is C=CCN(CC(=O)N(CCc1ccc(OC)c(OC)c1)Cc1sccc1C)C(=O)CCCCCCCCCCC. The van der Waals surface area contributed by atoms with Crippen LogP contribution in [0.3, 0.4) is 0 Å². The molecule has 7 heteroatoms. The maximum atomic E-state index is 13.6. The molecule has 0 aliphatic rings. The van der Waals surface area contributed by atoms with E-state index in [1.54, 1.807) is 36.5 Å². The summed E-state index contributed by atoms with van der Waals surface area (Å²) in [5.41, 5.74) is 2.24. The largest absolute Gasteiger partial charge is 0.493 e. The van der Waals surface area contributed by atoms with E-state index in [9.17, 15) is 9.59 Å². The molecule has 0 saturated heterocycles. The van der Waals surface area contributed by atoms with Gasteiger partial charge in [0.2, 0.25) is 11.8 Å². The van der Waals surface area contributed by atoms with Gasteiger partial charge in [0.05, 0.1) is 20.8 Å². The van der Waals surface area contributed by atoms with Crippen LogP contribution < -0.4 is 9.47 Å². The first-order chi connectivity index (χ1) is 19.4. The molecular formula is C33H50N2O4S. The third-order valence-electron chi connectivity index (χ3n) is 7.30. The number of benzene rings is 1. The third-order valence-corrected chi connectivity index (χ3v) is 8.30. The summed E-state index contributed by atoms with van der Waals surface area (Å²) in [5, 5.41) is 2.06. The van der Waals surface area contributed by atoms with Crippen molar-refractivity contribution in [3.63, 3.8) is 0 Å². The van der Waals surface area contributed by atoms with Crippen LogP contribution >= 0.6 is 11.3 Å². The first-order valence-corrected chi connectivity index (χ1v) is 15.7. The van der Waals surface area contributed by atoms with E-state index in [2.05, 4.69) is 31.9 Å². The number of aryl methyl sites for hydroxylation is 1. The third kappa shape index (κ3) is 11.7. The van der Waals surface area contributed by atoms with Crippen LogP contribution in [-0.4, -0.2) is 55.5 Å². The zero-order valence-electron chi connectivity index (χ0n) is 25.2. The van der Waals surface area contributed by atoms with Gasteiger partial charge in [0.15, 0.2) is 11.5 Å². The monoisotopic (exact) mass is 570 g/mol. The number of unbranched alkanes of at least 4 members (excludes halogenated alkanes) is 8. The number of thiophene rings is 1. The lowest BCUT2D eigenvalue weighted by molar-refractivity contribution is -0.140. The van der Waals surface area contributed by atoms with E-state index in [-0.39, 0.29) is 18.4 Å². The Morgan fingerprint density at radius 3 is 2.17 bits per heavy atom. The summed E-state index contributed by atoms with van der Waals surface area (Å²) < 4.78 is 10.8. The van der Waals surface area contributed by atoms with Gasteiger partial charge in [0, 0.05) is 24.4 Å². The highest BCUT2D eigenvalue weighted by atomic mass is 32.1.